The first kappa shape index (κ1) is 7.98. The van der Waals surface area contributed by atoms with E-state index >= 15 is 0 Å². The first-order valence-electron chi connectivity index (χ1n) is 4.02. The van der Waals surface area contributed by atoms with E-state index in [1.165, 1.54) is 0 Å². The molecule has 1 unspecified atom stereocenters. The van der Waals surface area contributed by atoms with Gasteiger partial charge in [-0.3, -0.25) is 10.2 Å². The lowest BCUT2D eigenvalue weighted by atomic mass is 10.2. The molecule has 60 valence electrons. The molecular weight excluding hydrogens is 126 g/mol. The summed E-state index contributed by atoms with van der Waals surface area (Å²) in [6, 6.07) is 0. The van der Waals surface area contributed by atoms with Crippen molar-refractivity contribution in [3.8, 4) is 0 Å². The van der Waals surface area contributed by atoms with Crippen LogP contribution in [0, 0.1) is 0 Å². The highest BCUT2D eigenvalue weighted by Gasteiger charge is 2.33. The average Bonchev–Trinajstić information content (AvgIpc) is 2.32. The molecular formula is C7H17N3. The zero-order valence-corrected chi connectivity index (χ0v) is 6.85. The van der Waals surface area contributed by atoms with E-state index in [0.717, 1.165) is 26.1 Å². The van der Waals surface area contributed by atoms with Crippen LogP contribution < -0.4 is 11.1 Å². The molecule has 0 aromatic rings. The molecule has 0 aromatic carbocycles. The van der Waals surface area contributed by atoms with E-state index in [-0.39, 0.29) is 5.79 Å². The smallest absolute Gasteiger partial charge is 0.123 e. The molecule has 0 saturated carbocycles. The van der Waals surface area contributed by atoms with Gasteiger partial charge in [0.15, 0.2) is 0 Å². The summed E-state index contributed by atoms with van der Waals surface area (Å²) >= 11 is 0. The van der Waals surface area contributed by atoms with Gasteiger partial charge in [-0.15, -0.1) is 0 Å². The van der Waals surface area contributed by atoms with Gasteiger partial charge in [0.1, 0.15) is 5.79 Å². The second kappa shape index (κ2) is 2.86. The number of nitrogens with one attached hydrogen (secondary N) is 1. The summed E-state index contributed by atoms with van der Waals surface area (Å²) in [6.07, 6.45) is 0.973. The van der Waals surface area contributed by atoms with Crippen LogP contribution in [0.4, 0.5) is 0 Å². The van der Waals surface area contributed by atoms with Crippen LogP contribution in [0.2, 0.25) is 0 Å². The fraction of sp³-hybridized carbons (Fsp3) is 1.00. The van der Waals surface area contributed by atoms with Crippen molar-refractivity contribution < 1.29 is 0 Å². The average molecular weight is 143 g/mol. The molecule has 1 aliphatic rings. The van der Waals surface area contributed by atoms with Gasteiger partial charge in [0.2, 0.25) is 0 Å². The molecule has 1 heterocycles. The summed E-state index contributed by atoms with van der Waals surface area (Å²) in [4.78, 5) is 2.27. The Morgan fingerprint density at radius 2 is 2.30 bits per heavy atom. The Labute approximate surface area is 62.6 Å². The van der Waals surface area contributed by atoms with Crippen molar-refractivity contribution in [2.45, 2.75) is 26.1 Å². The minimum absolute atomic E-state index is 0.214. The highest BCUT2D eigenvalue weighted by atomic mass is 15.4. The molecule has 0 aromatic heterocycles. The molecule has 1 aliphatic heterocycles. The quantitative estimate of drug-likeness (QED) is 0.569. The second-order valence-corrected chi connectivity index (χ2v) is 2.78. The Morgan fingerprint density at radius 3 is 2.70 bits per heavy atom. The molecule has 3 heteroatoms. The lowest BCUT2D eigenvalue weighted by Crippen LogP contribution is -2.58. The SMILES string of the molecule is CCN1CCNC1(N)CC. The number of hydrogen-bond acceptors (Lipinski definition) is 3. The highest BCUT2D eigenvalue weighted by molar-refractivity contribution is 4.86. The topological polar surface area (TPSA) is 41.3 Å². The van der Waals surface area contributed by atoms with Gasteiger partial charge in [-0.2, -0.15) is 0 Å². The van der Waals surface area contributed by atoms with Gasteiger partial charge in [0, 0.05) is 13.1 Å². The largest absolute Gasteiger partial charge is 0.301 e. The molecule has 1 atom stereocenters. The van der Waals surface area contributed by atoms with Crippen LogP contribution in [-0.2, 0) is 0 Å². The molecule has 0 bridgehead atoms. The number of nitrogens with zero attached hydrogens (tertiary/aromatic N) is 1. The summed E-state index contributed by atoms with van der Waals surface area (Å²) in [5.41, 5.74) is 6.03. The standard InChI is InChI=1S/C7H17N3/c1-3-7(8)9-5-6-10(7)4-2/h9H,3-6,8H2,1-2H3. The van der Waals surface area contributed by atoms with Gasteiger partial charge in [-0.25, -0.2) is 0 Å². The Bertz CT molecular complexity index is 115. The first-order valence-corrected chi connectivity index (χ1v) is 4.02. The van der Waals surface area contributed by atoms with Crippen molar-refractivity contribution in [3.63, 3.8) is 0 Å². The van der Waals surface area contributed by atoms with E-state index in [9.17, 15) is 0 Å². The summed E-state index contributed by atoms with van der Waals surface area (Å²) in [6.45, 7) is 7.40. The molecule has 0 spiro atoms. The molecule has 0 radical (unpaired) electrons. The van der Waals surface area contributed by atoms with Crippen molar-refractivity contribution in [1.82, 2.24) is 10.2 Å². The summed E-state index contributed by atoms with van der Waals surface area (Å²) in [7, 11) is 0. The lowest BCUT2D eigenvalue weighted by molar-refractivity contribution is 0.127. The van der Waals surface area contributed by atoms with E-state index < -0.39 is 0 Å². The lowest BCUT2D eigenvalue weighted by Gasteiger charge is -2.32. The normalized spacial score (nSPS) is 35.1. The zero-order valence-electron chi connectivity index (χ0n) is 6.85. The van der Waals surface area contributed by atoms with Gasteiger partial charge >= 0.3 is 0 Å². The monoisotopic (exact) mass is 143 g/mol. The molecule has 0 aliphatic carbocycles. The van der Waals surface area contributed by atoms with Gasteiger partial charge in [-0.05, 0) is 13.0 Å². The highest BCUT2D eigenvalue weighted by Crippen LogP contribution is 2.13. The Morgan fingerprint density at radius 1 is 1.60 bits per heavy atom. The third-order valence-electron chi connectivity index (χ3n) is 2.30. The molecule has 0 amide bonds. The molecule has 1 saturated heterocycles. The minimum atomic E-state index is -0.214. The maximum Gasteiger partial charge on any atom is 0.123 e. The molecule has 1 fully saturated rings. The second-order valence-electron chi connectivity index (χ2n) is 2.78. The maximum atomic E-state index is 6.03. The molecule has 1 rings (SSSR count). The summed E-state index contributed by atoms with van der Waals surface area (Å²) in [5.74, 6) is -0.214. The van der Waals surface area contributed by atoms with Crippen LogP contribution in [0.1, 0.15) is 20.3 Å². The third-order valence-corrected chi connectivity index (χ3v) is 2.30. The summed E-state index contributed by atoms with van der Waals surface area (Å²) in [5, 5.41) is 3.29. The van der Waals surface area contributed by atoms with Gasteiger partial charge in [0.25, 0.3) is 0 Å². The van der Waals surface area contributed by atoms with E-state index in [4.69, 9.17) is 5.73 Å². The Balaban J connectivity index is 2.56. The maximum absolute atomic E-state index is 6.03. The minimum Gasteiger partial charge on any atom is -0.301 e. The van der Waals surface area contributed by atoms with Crippen molar-refractivity contribution >= 4 is 0 Å². The zero-order chi connectivity index (χ0) is 7.61. The fourth-order valence-corrected chi connectivity index (χ4v) is 1.51. The van der Waals surface area contributed by atoms with Gasteiger partial charge in [-0.1, -0.05) is 13.8 Å². The van der Waals surface area contributed by atoms with Crippen molar-refractivity contribution in [1.29, 1.82) is 0 Å². The van der Waals surface area contributed by atoms with E-state index in [2.05, 4.69) is 24.1 Å². The van der Waals surface area contributed by atoms with Crippen LogP contribution in [0.15, 0.2) is 0 Å². The summed E-state index contributed by atoms with van der Waals surface area (Å²) < 4.78 is 0. The fourth-order valence-electron chi connectivity index (χ4n) is 1.51. The van der Waals surface area contributed by atoms with Crippen LogP contribution in [-0.4, -0.2) is 30.3 Å². The van der Waals surface area contributed by atoms with E-state index in [1.807, 2.05) is 0 Å². The van der Waals surface area contributed by atoms with E-state index in [1.54, 1.807) is 0 Å². The van der Waals surface area contributed by atoms with Crippen LogP contribution in [0.25, 0.3) is 0 Å². The number of likely N-dealkylation sites (N-methyl/N-ethyl adjacent to an activating group) is 1. The molecule has 10 heavy (non-hydrogen) atoms. The van der Waals surface area contributed by atoms with E-state index in [0.29, 0.717) is 0 Å². The third kappa shape index (κ3) is 1.17. The molecule has 3 nitrogen and oxygen atoms in total. The predicted octanol–water partition coefficient (Wildman–Crippen LogP) is -0.0660. The molecule has 3 N–H and O–H groups in total. The number of hydrogen-bond donors (Lipinski definition) is 2. The number of rotatable bonds is 2. The number of nitrogens with two attached hydrogens (primary N) is 1. The van der Waals surface area contributed by atoms with Crippen molar-refractivity contribution in [2.75, 3.05) is 19.6 Å². The first-order chi connectivity index (χ1) is 4.73. The van der Waals surface area contributed by atoms with Crippen molar-refractivity contribution in [3.05, 3.63) is 0 Å². The Kier molecular flexibility index (Phi) is 2.28. The predicted molar refractivity (Wildman–Crippen MR) is 42.5 cm³/mol. The van der Waals surface area contributed by atoms with Gasteiger partial charge in [0.05, 0.1) is 0 Å². The van der Waals surface area contributed by atoms with Gasteiger partial charge < -0.3 is 5.73 Å². The van der Waals surface area contributed by atoms with Crippen molar-refractivity contribution in [2.24, 2.45) is 5.73 Å². The van der Waals surface area contributed by atoms with Crippen LogP contribution in [0.3, 0.4) is 0 Å². The Hall–Kier alpha value is -0.120. The van der Waals surface area contributed by atoms with Crippen LogP contribution >= 0.6 is 0 Å². The van der Waals surface area contributed by atoms with Crippen LogP contribution in [0.5, 0.6) is 0 Å².